The van der Waals surface area contributed by atoms with Crippen LogP contribution in [0.2, 0.25) is 0 Å². The van der Waals surface area contributed by atoms with Crippen molar-refractivity contribution >= 4 is 11.8 Å². The largest absolute Gasteiger partial charge is 0.409 e. The zero-order valence-corrected chi connectivity index (χ0v) is 9.73. The van der Waals surface area contributed by atoms with Gasteiger partial charge in [0.05, 0.1) is 19.3 Å². The highest BCUT2D eigenvalue weighted by atomic mass is 16.5. The van der Waals surface area contributed by atoms with Crippen LogP contribution in [0, 0.1) is 0 Å². The van der Waals surface area contributed by atoms with E-state index in [1.54, 1.807) is 12.3 Å². The number of nitrogens with two attached hydrogens (primary N) is 1. The minimum atomic E-state index is -0.241. The molecule has 18 heavy (non-hydrogen) atoms. The number of hydrogen-bond acceptors (Lipinski definition) is 7. The van der Waals surface area contributed by atoms with Gasteiger partial charge < -0.3 is 25.7 Å². The molecule has 1 saturated heterocycles. The lowest BCUT2D eigenvalue weighted by molar-refractivity contribution is 0.00314. The molecule has 4 N–H and O–H groups in total. The zero-order chi connectivity index (χ0) is 13.0. The van der Waals surface area contributed by atoms with Crippen molar-refractivity contribution in [3.8, 4) is 0 Å². The predicted octanol–water partition coefficient (Wildman–Crippen LogP) is -1.23. The van der Waals surface area contributed by atoms with Crippen LogP contribution in [0.4, 0.5) is 5.95 Å². The van der Waals surface area contributed by atoms with Gasteiger partial charge in [-0.2, -0.15) is 0 Å². The third-order valence-electron chi connectivity index (χ3n) is 2.64. The Labute approximate surface area is 104 Å². The van der Waals surface area contributed by atoms with Gasteiger partial charge in [0.1, 0.15) is 5.69 Å². The maximum atomic E-state index is 9.07. The number of hydrogen-bond donors (Lipinski definition) is 3. The number of nitrogens with zero attached hydrogens (tertiary/aromatic N) is 4. The molecule has 8 heteroatoms. The molecule has 98 valence electrons. The van der Waals surface area contributed by atoms with Crippen molar-refractivity contribution in [3.63, 3.8) is 0 Å². The summed E-state index contributed by atoms with van der Waals surface area (Å²) in [5, 5.41) is 20.6. The molecule has 1 unspecified atom stereocenters. The molecule has 0 amide bonds. The van der Waals surface area contributed by atoms with Gasteiger partial charge in [-0.1, -0.05) is 5.16 Å². The topological polar surface area (TPSA) is 117 Å². The molecule has 0 saturated carbocycles. The average Bonchev–Trinajstić information content (AvgIpc) is 2.46. The van der Waals surface area contributed by atoms with Crippen molar-refractivity contribution in [2.75, 3.05) is 31.2 Å². The second-order valence-electron chi connectivity index (χ2n) is 3.85. The number of amidine groups is 1. The molecule has 1 fully saturated rings. The highest BCUT2D eigenvalue weighted by molar-refractivity contribution is 5.95. The molecule has 1 aromatic rings. The number of anilines is 1. The Kier molecular flexibility index (Phi) is 3.90. The van der Waals surface area contributed by atoms with Crippen LogP contribution in [0.25, 0.3) is 0 Å². The van der Waals surface area contributed by atoms with E-state index in [-0.39, 0.29) is 18.5 Å². The third-order valence-corrected chi connectivity index (χ3v) is 2.64. The minimum absolute atomic E-state index is 0.0452. The lowest BCUT2D eigenvalue weighted by Crippen LogP contribution is -2.45. The SMILES string of the molecule is N/C(=N/O)c1ccnc(N2CCOC(CO)C2)n1. The molecule has 0 spiro atoms. The second-order valence-corrected chi connectivity index (χ2v) is 3.85. The first kappa shape index (κ1) is 12.5. The van der Waals surface area contributed by atoms with Crippen molar-refractivity contribution in [2.45, 2.75) is 6.10 Å². The van der Waals surface area contributed by atoms with Crippen LogP contribution in [0.15, 0.2) is 17.4 Å². The van der Waals surface area contributed by atoms with E-state index in [0.717, 1.165) is 0 Å². The molecule has 0 bridgehead atoms. The fraction of sp³-hybridized carbons (Fsp3) is 0.500. The number of oxime groups is 1. The van der Waals surface area contributed by atoms with E-state index in [9.17, 15) is 0 Å². The molecule has 1 aliphatic rings. The van der Waals surface area contributed by atoms with Crippen molar-refractivity contribution < 1.29 is 15.1 Å². The number of morpholine rings is 1. The van der Waals surface area contributed by atoms with E-state index in [2.05, 4.69) is 15.1 Å². The van der Waals surface area contributed by atoms with Crippen molar-refractivity contribution in [3.05, 3.63) is 18.0 Å². The van der Waals surface area contributed by atoms with Crippen LogP contribution in [0.1, 0.15) is 5.69 Å². The Balaban J connectivity index is 2.17. The van der Waals surface area contributed by atoms with Crippen LogP contribution in [-0.4, -0.2) is 58.5 Å². The number of aromatic nitrogens is 2. The number of aliphatic hydroxyl groups is 1. The van der Waals surface area contributed by atoms with Gasteiger partial charge in [0.25, 0.3) is 0 Å². The van der Waals surface area contributed by atoms with Crippen LogP contribution in [0.5, 0.6) is 0 Å². The van der Waals surface area contributed by atoms with E-state index in [4.69, 9.17) is 20.8 Å². The van der Waals surface area contributed by atoms with Gasteiger partial charge >= 0.3 is 0 Å². The van der Waals surface area contributed by atoms with Gasteiger partial charge in [-0.3, -0.25) is 0 Å². The van der Waals surface area contributed by atoms with E-state index >= 15 is 0 Å². The highest BCUT2D eigenvalue weighted by Crippen LogP contribution is 2.12. The van der Waals surface area contributed by atoms with E-state index in [1.165, 1.54) is 0 Å². The van der Waals surface area contributed by atoms with Gasteiger partial charge in [0.2, 0.25) is 5.95 Å². The standard InChI is InChI=1S/C10H15N5O3/c11-9(14-17)8-1-2-12-10(13-8)15-3-4-18-7(5-15)6-16/h1-2,7,16-17H,3-6H2,(H2,11,14). The van der Waals surface area contributed by atoms with Gasteiger partial charge in [0.15, 0.2) is 5.84 Å². The molecule has 8 nitrogen and oxygen atoms in total. The summed E-state index contributed by atoms with van der Waals surface area (Å²) in [6, 6.07) is 1.56. The van der Waals surface area contributed by atoms with E-state index in [0.29, 0.717) is 31.3 Å². The first-order valence-electron chi connectivity index (χ1n) is 5.53. The highest BCUT2D eigenvalue weighted by Gasteiger charge is 2.22. The number of aliphatic hydroxyl groups excluding tert-OH is 1. The normalized spacial score (nSPS) is 21.1. The fourth-order valence-corrected chi connectivity index (χ4v) is 1.71. The molecular weight excluding hydrogens is 238 g/mol. The maximum absolute atomic E-state index is 9.07. The maximum Gasteiger partial charge on any atom is 0.226 e. The Bertz CT molecular complexity index is 439. The molecular formula is C10H15N5O3. The van der Waals surface area contributed by atoms with Crippen LogP contribution < -0.4 is 10.6 Å². The van der Waals surface area contributed by atoms with Gasteiger partial charge in [-0.05, 0) is 6.07 Å². The van der Waals surface area contributed by atoms with Crippen LogP contribution >= 0.6 is 0 Å². The molecule has 0 aromatic carbocycles. The lowest BCUT2D eigenvalue weighted by atomic mass is 10.3. The molecule has 0 aliphatic carbocycles. The summed E-state index contributed by atoms with van der Waals surface area (Å²) >= 11 is 0. The zero-order valence-electron chi connectivity index (χ0n) is 9.73. The summed E-state index contributed by atoms with van der Waals surface area (Å²) < 4.78 is 5.34. The molecule has 2 rings (SSSR count). The summed E-state index contributed by atoms with van der Waals surface area (Å²) in [7, 11) is 0. The van der Waals surface area contributed by atoms with Gasteiger partial charge in [-0.15, -0.1) is 0 Å². The van der Waals surface area contributed by atoms with Crippen LogP contribution in [-0.2, 0) is 4.74 Å². The summed E-state index contributed by atoms with van der Waals surface area (Å²) in [4.78, 5) is 10.2. The van der Waals surface area contributed by atoms with Gasteiger partial charge in [0, 0.05) is 19.3 Å². The Morgan fingerprint density at radius 2 is 2.50 bits per heavy atom. The first-order valence-corrected chi connectivity index (χ1v) is 5.53. The van der Waals surface area contributed by atoms with Crippen molar-refractivity contribution in [1.29, 1.82) is 0 Å². The van der Waals surface area contributed by atoms with E-state index < -0.39 is 0 Å². The fourth-order valence-electron chi connectivity index (χ4n) is 1.71. The van der Waals surface area contributed by atoms with Gasteiger partial charge in [-0.25, -0.2) is 9.97 Å². The summed E-state index contributed by atoms with van der Waals surface area (Å²) in [5.74, 6) is 0.409. The van der Waals surface area contributed by atoms with Crippen molar-refractivity contribution in [2.24, 2.45) is 10.9 Å². The van der Waals surface area contributed by atoms with Crippen molar-refractivity contribution in [1.82, 2.24) is 9.97 Å². The molecule has 2 heterocycles. The summed E-state index contributed by atoms with van der Waals surface area (Å²) in [6.07, 6.45) is 1.30. The molecule has 0 radical (unpaired) electrons. The smallest absolute Gasteiger partial charge is 0.226 e. The molecule has 1 atom stereocenters. The quantitative estimate of drug-likeness (QED) is 0.267. The minimum Gasteiger partial charge on any atom is -0.409 e. The number of rotatable bonds is 3. The summed E-state index contributed by atoms with van der Waals surface area (Å²) in [6.45, 7) is 1.60. The Morgan fingerprint density at radius 3 is 3.22 bits per heavy atom. The molecule has 1 aromatic heterocycles. The summed E-state index contributed by atoms with van der Waals surface area (Å²) in [5.41, 5.74) is 5.83. The van der Waals surface area contributed by atoms with E-state index in [1.807, 2.05) is 4.90 Å². The molecule has 1 aliphatic heterocycles. The Hall–Kier alpha value is -1.93. The Morgan fingerprint density at radius 1 is 1.67 bits per heavy atom. The second kappa shape index (κ2) is 5.61. The predicted molar refractivity (Wildman–Crippen MR) is 63.6 cm³/mol. The lowest BCUT2D eigenvalue weighted by Gasteiger charge is -2.32. The average molecular weight is 253 g/mol. The monoisotopic (exact) mass is 253 g/mol. The van der Waals surface area contributed by atoms with Crippen LogP contribution in [0.3, 0.4) is 0 Å². The third kappa shape index (κ3) is 2.66. The number of ether oxygens (including phenoxy) is 1. The first-order chi connectivity index (χ1) is 8.74.